The van der Waals surface area contributed by atoms with Gasteiger partial charge in [0.2, 0.25) is 0 Å². The molecule has 0 spiro atoms. The molecule has 0 heterocycles. The van der Waals surface area contributed by atoms with E-state index in [0.29, 0.717) is 30.2 Å². The summed E-state index contributed by atoms with van der Waals surface area (Å²) < 4.78 is 11.0. The normalized spacial score (nSPS) is 10.8. The van der Waals surface area contributed by atoms with Crippen molar-refractivity contribution >= 4 is 11.9 Å². The minimum absolute atomic E-state index is 0.195. The summed E-state index contributed by atoms with van der Waals surface area (Å²) >= 11 is 0. The number of phenols is 1. The lowest BCUT2D eigenvalue weighted by Crippen LogP contribution is -1.94. The first kappa shape index (κ1) is 14.9. The molecule has 0 saturated carbocycles. The fraction of sp³-hybridized carbons (Fsp3) is 0.235. The van der Waals surface area contributed by atoms with E-state index in [1.165, 1.54) is 0 Å². The van der Waals surface area contributed by atoms with Crippen LogP contribution in [0.1, 0.15) is 19.4 Å². The van der Waals surface area contributed by atoms with Crippen LogP contribution in [-0.2, 0) is 0 Å². The molecular weight excluding hydrogens is 266 g/mol. The zero-order valence-electron chi connectivity index (χ0n) is 12.2. The highest BCUT2D eigenvalue weighted by molar-refractivity contribution is 5.86. The summed E-state index contributed by atoms with van der Waals surface area (Å²) in [7, 11) is 0. The van der Waals surface area contributed by atoms with Crippen molar-refractivity contribution in [3.05, 3.63) is 48.0 Å². The largest absolute Gasteiger partial charge is 0.507 e. The van der Waals surface area contributed by atoms with Crippen molar-refractivity contribution in [1.29, 1.82) is 0 Å². The van der Waals surface area contributed by atoms with Gasteiger partial charge in [0.15, 0.2) is 0 Å². The van der Waals surface area contributed by atoms with Crippen LogP contribution in [0.3, 0.4) is 0 Å². The second kappa shape index (κ2) is 7.33. The Kier molecular flexibility index (Phi) is 5.21. The first-order chi connectivity index (χ1) is 10.2. The SMILES string of the molecule is CCOc1ccc(OCC)c(N=Cc2ccccc2O)c1. The Morgan fingerprint density at radius 1 is 1.05 bits per heavy atom. The molecule has 4 nitrogen and oxygen atoms in total. The van der Waals surface area contributed by atoms with Gasteiger partial charge in [-0.2, -0.15) is 0 Å². The summed E-state index contributed by atoms with van der Waals surface area (Å²) in [5.74, 6) is 1.62. The molecule has 0 atom stereocenters. The minimum atomic E-state index is 0.195. The number of nitrogens with zero attached hydrogens (tertiary/aromatic N) is 1. The maximum Gasteiger partial charge on any atom is 0.145 e. The summed E-state index contributed by atoms with van der Waals surface area (Å²) in [6.45, 7) is 5.01. The fourth-order valence-corrected chi connectivity index (χ4v) is 1.87. The average Bonchev–Trinajstić information content (AvgIpc) is 2.49. The quantitative estimate of drug-likeness (QED) is 0.818. The van der Waals surface area contributed by atoms with Gasteiger partial charge in [-0.1, -0.05) is 12.1 Å². The molecule has 21 heavy (non-hydrogen) atoms. The number of ether oxygens (including phenoxy) is 2. The second-order valence-corrected chi connectivity index (χ2v) is 4.31. The summed E-state index contributed by atoms with van der Waals surface area (Å²) in [4.78, 5) is 4.41. The Morgan fingerprint density at radius 2 is 1.81 bits per heavy atom. The fourth-order valence-electron chi connectivity index (χ4n) is 1.87. The smallest absolute Gasteiger partial charge is 0.145 e. The van der Waals surface area contributed by atoms with Crippen molar-refractivity contribution < 1.29 is 14.6 Å². The van der Waals surface area contributed by atoms with E-state index in [2.05, 4.69) is 4.99 Å². The van der Waals surface area contributed by atoms with Crippen molar-refractivity contribution in [1.82, 2.24) is 0 Å². The third-order valence-corrected chi connectivity index (χ3v) is 2.82. The number of rotatable bonds is 6. The first-order valence-corrected chi connectivity index (χ1v) is 6.96. The molecule has 0 aliphatic carbocycles. The van der Waals surface area contributed by atoms with Gasteiger partial charge in [-0.3, -0.25) is 4.99 Å². The average molecular weight is 285 g/mol. The summed E-state index contributed by atoms with van der Waals surface area (Å²) in [5.41, 5.74) is 1.33. The van der Waals surface area contributed by atoms with E-state index in [-0.39, 0.29) is 5.75 Å². The number of aliphatic imine (C=N–C) groups is 1. The highest BCUT2D eigenvalue weighted by atomic mass is 16.5. The predicted octanol–water partition coefficient (Wildman–Crippen LogP) is 3.94. The van der Waals surface area contributed by atoms with Gasteiger partial charge in [0.25, 0.3) is 0 Å². The van der Waals surface area contributed by atoms with Crippen molar-refractivity contribution in [2.45, 2.75) is 13.8 Å². The molecule has 0 aliphatic heterocycles. The highest BCUT2D eigenvalue weighted by Crippen LogP contribution is 2.32. The van der Waals surface area contributed by atoms with Crippen LogP contribution in [0.5, 0.6) is 17.2 Å². The molecule has 0 unspecified atom stereocenters. The third-order valence-electron chi connectivity index (χ3n) is 2.82. The Bertz CT molecular complexity index is 623. The molecule has 0 amide bonds. The van der Waals surface area contributed by atoms with Crippen molar-refractivity contribution in [3.8, 4) is 17.2 Å². The summed E-state index contributed by atoms with van der Waals surface area (Å²) in [5, 5.41) is 9.75. The molecule has 0 bridgehead atoms. The van der Waals surface area contributed by atoms with Crippen LogP contribution in [0, 0.1) is 0 Å². The van der Waals surface area contributed by atoms with Gasteiger partial charge in [-0.15, -0.1) is 0 Å². The van der Waals surface area contributed by atoms with Gasteiger partial charge in [-0.05, 0) is 38.1 Å². The number of phenolic OH excluding ortho intramolecular Hbond substituents is 1. The van der Waals surface area contributed by atoms with Crippen LogP contribution in [0.25, 0.3) is 0 Å². The van der Waals surface area contributed by atoms with Crippen molar-refractivity contribution in [2.24, 2.45) is 4.99 Å². The number of hydrogen-bond acceptors (Lipinski definition) is 4. The molecule has 110 valence electrons. The van der Waals surface area contributed by atoms with Gasteiger partial charge in [0, 0.05) is 17.8 Å². The Hall–Kier alpha value is -2.49. The Balaban J connectivity index is 2.31. The Labute approximate surface area is 124 Å². The zero-order chi connectivity index (χ0) is 15.1. The number of para-hydroxylation sites is 1. The summed E-state index contributed by atoms with van der Waals surface area (Å²) in [6.07, 6.45) is 1.61. The van der Waals surface area contributed by atoms with Gasteiger partial charge < -0.3 is 14.6 Å². The van der Waals surface area contributed by atoms with E-state index in [9.17, 15) is 5.11 Å². The summed E-state index contributed by atoms with van der Waals surface area (Å²) in [6, 6.07) is 12.6. The Morgan fingerprint density at radius 3 is 2.52 bits per heavy atom. The molecule has 0 aromatic heterocycles. The van der Waals surface area contributed by atoms with Crippen LogP contribution < -0.4 is 9.47 Å². The molecule has 0 fully saturated rings. The molecule has 2 aromatic rings. The highest BCUT2D eigenvalue weighted by Gasteiger charge is 2.05. The number of benzene rings is 2. The van der Waals surface area contributed by atoms with E-state index in [1.54, 1.807) is 24.4 Å². The maximum absolute atomic E-state index is 9.75. The lowest BCUT2D eigenvalue weighted by atomic mass is 10.2. The first-order valence-electron chi connectivity index (χ1n) is 6.96. The molecule has 2 aromatic carbocycles. The standard InChI is InChI=1S/C17H19NO3/c1-3-20-14-9-10-17(21-4-2)15(11-14)18-12-13-7-5-6-8-16(13)19/h5-12,19H,3-4H2,1-2H3. The molecule has 0 saturated heterocycles. The molecule has 2 rings (SSSR count). The van der Waals surface area contributed by atoms with Gasteiger partial charge in [-0.25, -0.2) is 0 Å². The van der Waals surface area contributed by atoms with Crippen LogP contribution in [0.4, 0.5) is 5.69 Å². The molecule has 0 aliphatic rings. The number of aromatic hydroxyl groups is 1. The van der Waals surface area contributed by atoms with Crippen molar-refractivity contribution in [2.75, 3.05) is 13.2 Å². The number of hydrogen-bond donors (Lipinski definition) is 1. The van der Waals surface area contributed by atoms with Gasteiger partial charge >= 0.3 is 0 Å². The maximum atomic E-state index is 9.75. The molecule has 1 N–H and O–H groups in total. The molecule has 0 radical (unpaired) electrons. The van der Waals surface area contributed by atoms with Crippen LogP contribution in [0.2, 0.25) is 0 Å². The topological polar surface area (TPSA) is 51.0 Å². The third kappa shape index (κ3) is 3.99. The minimum Gasteiger partial charge on any atom is -0.507 e. The lowest BCUT2D eigenvalue weighted by molar-refractivity contribution is 0.331. The van der Waals surface area contributed by atoms with Crippen LogP contribution in [0.15, 0.2) is 47.5 Å². The second-order valence-electron chi connectivity index (χ2n) is 4.31. The van der Waals surface area contributed by atoms with E-state index < -0.39 is 0 Å². The zero-order valence-corrected chi connectivity index (χ0v) is 12.2. The van der Waals surface area contributed by atoms with Crippen LogP contribution >= 0.6 is 0 Å². The van der Waals surface area contributed by atoms with Gasteiger partial charge in [0.1, 0.15) is 22.9 Å². The van der Waals surface area contributed by atoms with Crippen LogP contribution in [-0.4, -0.2) is 24.5 Å². The van der Waals surface area contributed by atoms with E-state index >= 15 is 0 Å². The van der Waals surface area contributed by atoms with E-state index in [1.807, 2.05) is 38.1 Å². The van der Waals surface area contributed by atoms with Gasteiger partial charge in [0.05, 0.1) is 13.2 Å². The molecule has 4 heteroatoms. The van der Waals surface area contributed by atoms with E-state index in [0.717, 1.165) is 5.75 Å². The lowest BCUT2D eigenvalue weighted by Gasteiger charge is -2.09. The molecular formula is C17H19NO3. The van der Waals surface area contributed by atoms with Crippen molar-refractivity contribution in [3.63, 3.8) is 0 Å². The monoisotopic (exact) mass is 285 g/mol. The predicted molar refractivity (Wildman–Crippen MR) is 84.1 cm³/mol. The van der Waals surface area contributed by atoms with E-state index in [4.69, 9.17) is 9.47 Å².